The fourth-order valence-corrected chi connectivity index (χ4v) is 3.40. The summed E-state index contributed by atoms with van der Waals surface area (Å²) in [4.78, 5) is 16.9. The lowest BCUT2D eigenvalue weighted by Crippen LogP contribution is -2.44. The summed E-state index contributed by atoms with van der Waals surface area (Å²) in [7, 11) is 2.15. The van der Waals surface area contributed by atoms with Crippen molar-refractivity contribution >= 4 is 50.5 Å². The van der Waals surface area contributed by atoms with Crippen molar-refractivity contribution in [3.63, 3.8) is 0 Å². The molecule has 26 heavy (non-hydrogen) atoms. The Hall–Kier alpha value is -1.96. The van der Waals surface area contributed by atoms with E-state index >= 15 is 0 Å². The molecule has 136 valence electrons. The molecule has 0 unspecified atom stereocenters. The monoisotopic (exact) mass is 432 g/mol. The molecule has 0 radical (unpaired) electrons. The summed E-state index contributed by atoms with van der Waals surface area (Å²) in [6, 6.07) is 15.3. The minimum Gasteiger partial charge on any atom is -0.369 e. The van der Waals surface area contributed by atoms with Gasteiger partial charge in [-0.2, -0.15) is 0 Å². The van der Waals surface area contributed by atoms with E-state index in [9.17, 15) is 4.79 Å². The molecule has 1 aliphatic heterocycles. The molecule has 0 saturated carbocycles. The lowest BCUT2D eigenvalue weighted by molar-refractivity contribution is 0.0977. The molecular weight excluding hydrogens is 412 g/mol. The van der Waals surface area contributed by atoms with E-state index < -0.39 is 0 Å². The first-order chi connectivity index (χ1) is 12.5. The number of amides is 1. The maximum atomic E-state index is 12.2. The summed E-state index contributed by atoms with van der Waals surface area (Å²) in [5.41, 5.74) is 2.60. The summed E-state index contributed by atoms with van der Waals surface area (Å²) < 4.78 is 0.850. The van der Waals surface area contributed by atoms with Crippen LogP contribution < -0.4 is 15.5 Å². The van der Waals surface area contributed by atoms with Crippen molar-refractivity contribution in [2.75, 3.05) is 43.4 Å². The van der Waals surface area contributed by atoms with Gasteiger partial charge in [0.05, 0.1) is 0 Å². The number of carbonyl (C=O) groups excluding carboxylic acids is 1. The molecule has 0 aromatic heterocycles. The van der Waals surface area contributed by atoms with Gasteiger partial charge in [0.25, 0.3) is 5.91 Å². The maximum Gasteiger partial charge on any atom is 0.257 e. The number of benzene rings is 2. The second-order valence-corrected chi connectivity index (χ2v) is 7.58. The van der Waals surface area contributed by atoms with Crippen molar-refractivity contribution < 1.29 is 4.79 Å². The minimum atomic E-state index is -0.238. The van der Waals surface area contributed by atoms with Crippen molar-refractivity contribution in [1.82, 2.24) is 10.2 Å². The SMILES string of the molecule is CN1CCN(c2ccc(NC(=S)NC(=O)c3cccc(Br)c3)cc2)CC1. The van der Waals surface area contributed by atoms with E-state index in [1.54, 1.807) is 12.1 Å². The van der Waals surface area contributed by atoms with Crippen molar-refractivity contribution in [1.29, 1.82) is 0 Å². The molecule has 0 aliphatic carbocycles. The highest BCUT2D eigenvalue weighted by molar-refractivity contribution is 9.10. The topological polar surface area (TPSA) is 47.6 Å². The zero-order chi connectivity index (χ0) is 18.5. The van der Waals surface area contributed by atoms with Crippen LogP contribution in [0.1, 0.15) is 10.4 Å². The molecule has 1 heterocycles. The highest BCUT2D eigenvalue weighted by Crippen LogP contribution is 2.19. The standard InChI is InChI=1S/C19H21BrN4OS/c1-23-9-11-24(12-10-23)17-7-5-16(6-8-17)21-19(26)22-18(25)14-3-2-4-15(20)13-14/h2-8,13H,9-12H2,1H3,(H2,21,22,25,26). The van der Waals surface area contributed by atoms with Crippen molar-refractivity contribution in [3.05, 3.63) is 58.6 Å². The van der Waals surface area contributed by atoms with Crippen LogP contribution in [0.3, 0.4) is 0 Å². The van der Waals surface area contributed by atoms with E-state index in [1.165, 1.54) is 5.69 Å². The number of halogens is 1. The fourth-order valence-electron chi connectivity index (χ4n) is 2.79. The molecule has 1 amide bonds. The molecule has 7 heteroatoms. The molecule has 2 aromatic carbocycles. The zero-order valence-electron chi connectivity index (χ0n) is 14.5. The summed E-state index contributed by atoms with van der Waals surface area (Å²) in [5.74, 6) is -0.238. The van der Waals surface area contributed by atoms with Crippen molar-refractivity contribution in [3.8, 4) is 0 Å². The zero-order valence-corrected chi connectivity index (χ0v) is 16.9. The van der Waals surface area contributed by atoms with Gasteiger partial charge in [-0.3, -0.25) is 10.1 Å². The van der Waals surface area contributed by atoms with Crippen LogP contribution in [0.2, 0.25) is 0 Å². The molecule has 0 atom stereocenters. The Morgan fingerprint density at radius 2 is 1.77 bits per heavy atom. The smallest absolute Gasteiger partial charge is 0.257 e. The molecule has 5 nitrogen and oxygen atoms in total. The normalized spacial score (nSPS) is 14.8. The number of hydrogen-bond acceptors (Lipinski definition) is 4. The number of rotatable bonds is 3. The van der Waals surface area contributed by atoms with E-state index in [0.717, 1.165) is 36.3 Å². The van der Waals surface area contributed by atoms with Gasteiger partial charge < -0.3 is 15.1 Å². The third-order valence-corrected chi connectivity index (χ3v) is 5.00. The van der Waals surface area contributed by atoms with Crippen LogP contribution in [0, 0.1) is 0 Å². The first kappa shape index (κ1) is 18.8. The van der Waals surface area contributed by atoms with Crippen LogP contribution in [0.5, 0.6) is 0 Å². The molecular formula is C19H21BrN4OS. The van der Waals surface area contributed by atoms with Gasteiger partial charge in [-0.25, -0.2) is 0 Å². The summed E-state index contributed by atoms with van der Waals surface area (Å²) in [6.45, 7) is 4.21. The summed E-state index contributed by atoms with van der Waals surface area (Å²) in [6.07, 6.45) is 0. The van der Waals surface area contributed by atoms with Crippen LogP contribution in [0.4, 0.5) is 11.4 Å². The number of hydrogen-bond donors (Lipinski definition) is 2. The van der Waals surface area contributed by atoms with E-state index in [2.05, 4.69) is 55.5 Å². The Bertz CT molecular complexity index is 788. The first-order valence-electron chi connectivity index (χ1n) is 8.43. The number of thiocarbonyl (C=S) groups is 1. The Kier molecular flexibility index (Phi) is 6.24. The van der Waals surface area contributed by atoms with Crippen LogP contribution >= 0.6 is 28.1 Å². The molecule has 2 N–H and O–H groups in total. The van der Waals surface area contributed by atoms with E-state index in [1.807, 2.05) is 24.3 Å². The van der Waals surface area contributed by atoms with Gasteiger partial charge in [0, 0.05) is 47.6 Å². The van der Waals surface area contributed by atoms with Gasteiger partial charge in [-0.1, -0.05) is 22.0 Å². The molecule has 1 saturated heterocycles. The lowest BCUT2D eigenvalue weighted by atomic mass is 10.2. The first-order valence-corrected chi connectivity index (χ1v) is 9.63. The van der Waals surface area contributed by atoms with Gasteiger partial charge >= 0.3 is 0 Å². The van der Waals surface area contributed by atoms with E-state index in [-0.39, 0.29) is 11.0 Å². The number of piperazine rings is 1. The van der Waals surface area contributed by atoms with Gasteiger partial charge in [0.15, 0.2) is 5.11 Å². The minimum absolute atomic E-state index is 0.238. The molecule has 1 aliphatic rings. The van der Waals surface area contributed by atoms with E-state index in [0.29, 0.717) is 5.56 Å². The predicted octanol–water partition coefficient (Wildman–Crippen LogP) is 3.33. The molecule has 0 bridgehead atoms. The van der Waals surface area contributed by atoms with Crippen molar-refractivity contribution in [2.45, 2.75) is 0 Å². The second-order valence-electron chi connectivity index (χ2n) is 6.26. The second kappa shape index (κ2) is 8.62. The quantitative estimate of drug-likeness (QED) is 0.728. The average Bonchev–Trinajstić information content (AvgIpc) is 2.63. The molecule has 2 aromatic rings. The molecule has 0 spiro atoms. The third-order valence-electron chi connectivity index (χ3n) is 4.31. The van der Waals surface area contributed by atoms with Gasteiger partial charge in [0.2, 0.25) is 0 Å². The Labute approximate surface area is 167 Å². The fraction of sp³-hybridized carbons (Fsp3) is 0.263. The number of carbonyl (C=O) groups is 1. The number of anilines is 2. The van der Waals surface area contributed by atoms with Crippen molar-refractivity contribution in [2.24, 2.45) is 0 Å². The number of likely N-dealkylation sites (N-methyl/N-ethyl adjacent to an activating group) is 1. The Balaban J connectivity index is 1.55. The van der Waals surface area contributed by atoms with Crippen LogP contribution in [0.25, 0.3) is 0 Å². The summed E-state index contributed by atoms with van der Waals surface area (Å²) in [5, 5.41) is 6.03. The largest absolute Gasteiger partial charge is 0.369 e. The lowest BCUT2D eigenvalue weighted by Gasteiger charge is -2.34. The van der Waals surface area contributed by atoms with E-state index in [4.69, 9.17) is 12.2 Å². The molecule has 3 rings (SSSR count). The van der Waals surface area contributed by atoms with Crippen LogP contribution in [-0.4, -0.2) is 49.1 Å². The highest BCUT2D eigenvalue weighted by Gasteiger charge is 2.14. The van der Waals surface area contributed by atoms with Gasteiger partial charge in [-0.15, -0.1) is 0 Å². The Morgan fingerprint density at radius 1 is 1.08 bits per heavy atom. The maximum absolute atomic E-state index is 12.2. The Morgan fingerprint density at radius 3 is 2.42 bits per heavy atom. The predicted molar refractivity (Wildman–Crippen MR) is 114 cm³/mol. The van der Waals surface area contributed by atoms with Crippen LogP contribution in [-0.2, 0) is 0 Å². The summed E-state index contributed by atoms with van der Waals surface area (Å²) >= 11 is 8.60. The van der Waals surface area contributed by atoms with Crippen LogP contribution in [0.15, 0.2) is 53.0 Å². The third kappa shape index (κ3) is 5.03. The number of nitrogens with one attached hydrogen (secondary N) is 2. The molecule has 1 fully saturated rings. The van der Waals surface area contributed by atoms with Gasteiger partial charge in [0.1, 0.15) is 0 Å². The number of nitrogens with zero attached hydrogens (tertiary/aromatic N) is 2. The average molecular weight is 433 g/mol. The highest BCUT2D eigenvalue weighted by atomic mass is 79.9. The van der Waals surface area contributed by atoms with Gasteiger partial charge in [-0.05, 0) is 61.7 Å².